The second-order valence-corrected chi connectivity index (χ2v) is 7.33. The molecule has 0 unspecified atom stereocenters. The van der Waals surface area contributed by atoms with Crippen molar-refractivity contribution in [2.75, 3.05) is 18.1 Å². The maximum absolute atomic E-state index is 11.6. The van der Waals surface area contributed by atoms with Crippen LogP contribution < -0.4 is 5.32 Å². The Morgan fingerprint density at radius 2 is 2.09 bits per heavy atom. The third kappa shape index (κ3) is 3.25. The highest BCUT2D eigenvalue weighted by atomic mass is 32.2. The van der Waals surface area contributed by atoms with Gasteiger partial charge in [0.1, 0.15) is 11.6 Å². The fraction of sp³-hybridized carbons (Fsp3) is 0.462. The summed E-state index contributed by atoms with van der Waals surface area (Å²) in [5.41, 5.74) is 1.72. The number of aromatic nitrogens is 4. The summed E-state index contributed by atoms with van der Waals surface area (Å²) in [4.78, 5) is 4.49. The highest BCUT2D eigenvalue weighted by Gasteiger charge is 2.24. The average Bonchev–Trinajstić information content (AvgIpc) is 2.87. The number of anilines is 1. The van der Waals surface area contributed by atoms with E-state index in [0.717, 1.165) is 17.2 Å². The van der Waals surface area contributed by atoms with Gasteiger partial charge in [0.15, 0.2) is 0 Å². The first-order valence-electron chi connectivity index (χ1n) is 6.96. The molecule has 0 fully saturated rings. The first-order valence-corrected chi connectivity index (χ1v) is 8.81. The molecule has 1 N–H and O–H groups in total. The summed E-state index contributed by atoms with van der Waals surface area (Å²) in [5.74, 6) is 1.46. The van der Waals surface area contributed by atoms with E-state index < -0.39 is 10.0 Å². The number of nitrogens with one attached hydrogen (secondary N) is 1. The Labute approximate surface area is 129 Å². The van der Waals surface area contributed by atoms with Gasteiger partial charge in [-0.3, -0.25) is 0 Å². The summed E-state index contributed by atoms with van der Waals surface area (Å²) in [6.07, 6.45) is 3.17. The summed E-state index contributed by atoms with van der Waals surface area (Å²) in [6, 6.07) is 3.75. The Kier molecular flexibility index (Phi) is 3.83. The van der Waals surface area contributed by atoms with E-state index in [1.807, 2.05) is 29.8 Å². The van der Waals surface area contributed by atoms with Gasteiger partial charge in [-0.1, -0.05) is 0 Å². The average molecular weight is 322 g/mol. The molecular formula is C13H18N6O2S. The largest absolute Gasteiger partial charge is 0.363 e. The number of sulfonamides is 1. The van der Waals surface area contributed by atoms with Crippen molar-refractivity contribution in [3.63, 3.8) is 0 Å². The summed E-state index contributed by atoms with van der Waals surface area (Å²) in [5, 5.41) is 11.2. The monoisotopic (exact) mass is 322 g/mol. The Bertz CT molecular complexity index is 768. The Morgan fingerprint density at radius 1 is 1.27 bits per heavy atom. The van der Waals surface area contributed by atoms with Crippen LogP contribution in [0.3, 0.4) is 0 Å². The van der Waals surface area contributed by atoms with Crippen molar-refractivity contribution in [1.29, 1.82) is 0 Å². The Hall–Kier alpha value is -2.00. The van der Waals surface area contributed by atoms with E-state index in [-0.39, 0.29) is 0 Å². The molecule has 9 heteroatoms. The van der Waals surface area contributed by atoms with Gasteiger partial charge in [0, 0.05) is 19.3 Å². The fourth-order valence-electron chi connectivity index (χ4n) is 2.33. The van der Waals surface area contributed by atoms with Crippen molar-refractivity contribution in [2.24, 2.45) is 0 Å². The van der Waals surface area contributed by atoms with Crippen molar-refractivity contribution in [1.82, 2.24) is 24.1 Å². The third-order valence-electron chi connectivity index (χ3n) is 3.53. The van der Waals surface area contributed by atoms with Crippen LogP contribution in [-0.2, 0) is 29.7 Å². The number of nitrogens with zero attached hydrogens (tertiary/aromatic N) is 5. The lowest BCUT2D eigenvalue weighted by Gasteiger charge is -2.25. The predicted octanol–water partition coefficient (Wildman–Crippen LogP) is 0.369. The number of hydrogen-bond donors (Lipinski definition) is 1. The Balaban J connectivity index is 1.68. The molecule has 0 atom stereocenters. The van der Waals surface area contributed by atoms with Crippen molar-refractivity contribution in [2.45, 2.75) is 26.6 Å². The molecule has 3 rings (SSSR count). The van der Waals surface area contributed by atoms with Crippen LogP contribution in [0.15, 0.2) is 18.3 Å². The first kappa shape index (κ1) is 14.9. The van der Waals surface area contributed by atoms with Crippen LogP contribution in [0, 0.1) is 6.92 Å². The number of hydrogen-bond acceptors (Lipinski definition) is 6. The van der Waals surface area contributed by atoms with Gasteiger partial charge in [-0.15, -0.1) is 5.10 Å². The summed E-state index contributed by atoms with van der Waals surface area (Å²) in [6.45, 7) is 3.84. The smallest absolute Gasteiger partial charge is 0.211 e. The molecule has 2 aromatic rings. The topological polar surface area (TPSA) is 93.0 Å². The predicted molar refractivity (Wildman–Crippen MR) is 81.6 cm³/mol. The van der Waals surface area contributed by atoms with Gasteiger partial charge < -0.3 is 9.88 Å². The van der Waals surface area contributed by atoms with Crippen LogP contribution >= 0.6 is 0 Å². The van der Waals surface area contributed by atoms with E-state index in [1.165, 1.54) is 10.6 Å². The summed E-state index contributed by atoms with van der Waals surface area (Å²) in [7, 11) is -3.17. The van der Waals surface area contributed by atoms with Crippen LogP contribution in [0.25, 0.3) is 0 Å². The van der Waals surface area contributed by atoms with Crippen molar-refractivity contribution in [3.8, 4) is 0 Å². The lowest BCUT2D eigenvalue weighted by molar-refractivity contribution is 0.338. The van der Waals surface area contributed by atoms with E-state index in [1.54, 1.807) is 0 Å². The van der Waals surface area contributed by atoms with Crippen molar-refractivity contribution >= 4 is 15.8 Å². The molecule has 0 radical (unpaired) electrons. The van der Waals surface area contributed by atoms with Crippen LogP contribution in [-0.4, -0.2) is 45.3 Å². The molecule has 3 heterocycles. The molecule has 0 saturated heterocycles. The van der Waals surface area contributed by atoms with Gasteiger partial charge in [-0.2, -0.15) is 9.40 Å². The van der Waals surface area contributed by atoms with Gasteiger partial charge in [-0.25, -0.2) is 13.4 Å². The zero-order valence-electron chi connectivity index (χ0n) is 12.5. The molecule has 0 aromatic carbocycles. The highest BCUT2D eigenvalue weighted by molar-refractivity contribution is 7.88. The van der Waals surface area contributed by atoms with E-state index in [4.69, 9.17) is 0 Å². The Morgan fingerprint density at radius 3 is 2.77 bits per heavy atom. The summed E-state index contributed by atoms with van der Waals surface area (Å²) < 4.78 is 26.6. The number of imidazole rings is 1. The molecule has 0 amide bonds. The molecule has 0 saturated carbocycles. The SMILES string of the molecule is Cc1ccc(NCc2cn3c(n2)CN(S(C)(=O)=O)CC3)nn1. The normalized spacial score (nSPS) is 15.5. The molecule has 1 aliphatic heterocycles. The molecule has 0 aliphatic carbocycles. The van der Waals surface area contributed by atoms with Crippen LogP contribution in [0.1, 0.15) is 17.2 Å². The van der Waals surface area contributed by atoms with Crippen LogP contribution in [0.4, 0.5) is 5.82 Å². The lowest BCUT2D eigenvalue weighted by Crippen LogP contribution is -2.37. The maximum atomic E-state index is 11.6. The minimum Gasteiger partial charge on any atom is -0.363 e. The van der Waals surface area contributed by atoms with Crippen LogP contribution in [0.5, 0.6) is 0 Å². The number of fused-ring (bicyclic) bond motifs is 1. The zero-order valence-corrected chi connectivity index (χ0v) is 13.3. The quantitative estimate of drug-likeness (QED) is 0.874. The number of rotatable bonds is 4. The van der Waals surface area contributed by atoms with Crippen molar-refractivity contribution in [3.05, 3.63) is 35.5 Å². The first-order chi connectivity index (χ1) is 10.4. The second kappa shape index (κ2) is 5.65. The zero-order chi connectivity index (χ0) is 15.7. The highest BCUT2D eigenvalue weighted by Crippen LogP contribution is 2.15. The molecule has 0 spiro atoms. The van der Waals surface area contributed by atoms with Gasteiger partial charge in [0.05, 0.1) is 30.7 Å². The molecular weight excluding hydrogens is 304 g/mol. The van der Waals surface area contributed by atoms with E-state index in [9.17, 15) is 8.42 Å². The molecule has 2 aromatic heterocycles. The minimum absolute atomic E-state index is 0.323. The third-order valence-corrected chi connectivity index (χ3v) is 4.78. The van der Waals surface area contributed by atoms with E-state index in [0.29, 0.717) is 32.0 Å². The van der Waals surface area contributed by atoms with Gasteiger partial charge in [0.2, 0.25) is 10.0 Å². The second-order valence-electron chi connectivity index (χ2n) is 5.35. The van der Waals surface area contributed by atoms with Gasteiger partial charge in [0.25, 0.3) is 0 Å². The van der Waals surface area contributed by atoms with Gasteiger partial charge in [-0.05, 0) is 19.1 Å². The van der Waals surface area contributed by atoms with E-state index >= 15 is 0 Å². The molecule has 118 valence electrons. The standard InChI is InChI=1S/C13H18N6O2S/c1-10-3-4-12(17-16-10)14-7-11-8-18-5-6-19(22(2,20)21)9-13(18)15-11/h3-4,8H,5-7,9H2,1-2H3,(H,14,17). The van der Waals surface area contributed by atoms with E-state index in [2.05, 4.69) is 20.5 Å². The maximum Gasteiger partial charge on any atom is 0.211 e. The number of aryl methyl sites for hydroxylation is 1. The molecule has 8 nitrogen and oxygen atoms in total. The van der Waals surface area contributed by atoms with Crippen LogP contribution in [0.2, 0.25) is 0 Å². The van der Waals surface area contributed by atoms with Crippen molar-refractivity contribution < 1.29 is 8.42 Å². The molecule has 0 bridgehead atoms. The van der Waals surface area contributed by atoms with Gasteiger partial charge >= 0.3 is 0 Å². The fourth-order valence-corrected chi connectivity index (χ4v) is 3.09. The lowest BCUT2D eigenvalue weighted by atomic mass is 10.4. The molecule has 22 heavy (non-hydrogen) atoms. The molecule has 1 aliphatic rings. The summed E-state index contributed by atoms with van der Waals surface area (Å²) >= 11 is 0. The minimum atomic E-state index is -3.17.